The van der Waals surface area contributed by atoms with Gasteiger partial charge in [-0.25, -0.2) is 0 Å². The van der Waals surface area contributed by atoms with Gasteiger partial charge in [0.1, 0.15) is 0 Å². The van der Waals surface area contributed by atoms with Gasteiger partial charge in [-0.05, 0) is 32.4 Å². The van der Waals surface area contributed by atoms with Gasteiger partial charge in [-0.15, -0.1) is 0 Å². The Morgan fingerprint density at radius 1 is 1.28 bits per heavy atom. The fraction of sp³-hybridized carbons (Fsp3) is 0.455. The lowest BCUT2D eigenvalue weighted by atomic mass is 10.2. The lowest BCUT2D eigenvalue weighted by Gasteiger charge is -2.18. The molecule has 0 spiro atoms. The van der Waals surface area contributed by atoms with E-state index in [2.05, 4.69) is 0 Å². The standard InChI is InChI=1S/C11H16NO5P/c1-4-16-18(15,17-5-2)11-7-6-10(12(13)14)8-9(11)3/h6-8H,4-5H2,1-3H3. The molecule has 0 unspecified atom stereocenters. The van der Waals surface area contributed by atoms with Crippen LogP contribution >= 0.6 is 7.60 Å². The Morgan fingerprint density at radius 2 is 1.83 bits per heavy atom. The molecule has 6 nitrogen and oxygen atoms in total. The van der Waals surface area contributed by atoms with Crippen molar-refractivity contribution in [3.63, 3.8) is 0 Å². The normalized spacial score (nSPS) is 11.5. The van der Waals surface area contributed by atoms with Crippen LogP contribution in [-0.4, -0.2) is 18.1 Å². The summed E-state index contributed by atoms with van der Waals surface area (Å²) in [5.74, 6) is 0. The first kappa shape index (κ1) is 14.8. The topological polar surface area (TPSA) is 78.7 Å². The molecule has 18 heavy (non-hydrogen) atoms. The number of aryl methyl sites for hydroxylation is 1. The molecule has 0 saturated heterocycles. The Labute approximate surface area is 106 Å². The summed E-state index contributed by atoms with van der Waals surface area (Å²) in [5, 5.41) is 11.0. The fourth-order valence-corrected chi connectivity index (χ4v) is 3.36. The van der Waals surface area contributed by atoms with Crippen molar-refractivity contribution >= 4 is 18.6 Å². The first-order valence-corrected chi connectivity index (χ1v) is 7.13. The van der Waals surface area contributed by atoms with Gasteiger partial charge in [0, 0.05) is 12.1 Å². The van der Waals surface area contributed by atoms with Crippen LogP contribution in [0.5, 0.6) is 0 Å². The highest BCUT2D eigenvalue weighted by molar-refractivity contribution is 7.62. The van der Waals surface area contributed by atoms with Crippen LogP contribution in [0.2, 0.25) is 0 Å². The van der Waals surface area contributed by atoms with Crippen LogP contribution in [0.1, 0.15) is 19.4 Å². The molecule has 0 aliphatic carbocycles. The van der Waals surface area contributed by atoms with E-state index in [1.54, 1.807) is 20.8 Å². The van der Waals surface area contributed by atoms with E-state index in [1.165, 1.54) is 18.2 Å². The Bertz CT molecular complexity index is 478. The van der Waals surface area contributed by atoms with Crippen molar-refractivity contribution in [1.82, 2.24) is 0 Å². The molecule has 1 rings (SSSR count). The lowest BCUT2D eigenvalue weighted by molar-refractivity contribution is -0.384. The smallest absolute Gasteiger partial charge is 0.305 e. The highest BCUT2D eigenvalue weighted by Gasteiger charge is 2.29. The van der Waals surface area contributed by atoms with Crippen LogP contribution in [0.3, 0.4) is 0 Å². The molecule has 0 amide bonds. The molecule has 0 aliphatic rings. The number of benzene rings is 1. The summed E-state index contributed by atoms with van der Waals surface area (Å²) in [7, 11) is -3.38. The first-order valence-electron chi connectivity index (χ1n) is 5.59. The van der Waals surface area contributed by atoms with E-state index in [1.807, 2.05) is 0 Å². The summed E-state index contributed by atoms with van der Waals surface area (Å²) in [5.41, 5.74) is 0.477. The SMILES string of the molecule is CCOP(=O)(OCC)c1ccc([N+](=O)[O-])cc1C. The third-order valence-electron chi connectivity index (χ3n) is 2.28. The third-order valence-corrected chi connectivity index (χ3v) is 4.57. The predicted octanol–water partition coefficient (Wildman–Crippen LogP) is 2.79. The lowest BCUT2D eigenvalue weighted by Crippen LogP contribution is -2.14. The minimum Gasteiger partial charge on any atom is -0.305 e. The minimum absolute atomic E-state index is 0.0456. The quantitative estimate of drug-likeness (QED) is 0.452. The molecule has 100 valence electrons. The van der Waals surface area contributed by atoms with Crippen LogP contribution in [0.4, 0.5) is 5.69 Å². The zero-order chi connectivity index (χ0) is 13.8. The van der Waals surface area contributed by atoms with Gasteiger partial charge in [0.05, 0.1) is 23.4 Å². The van der Waals surface area contributed by atoms with Gasteiger partial charge in [0.15, 0.2) is 0 Å². The average molecular weight is 273 g/mol. The second kappa shape index (κ2) is 6.09. The maximum atomic E-state index is 12.5. The molecular formula is C11H16NO5P. The highest BCUT2D eigenvalue weighted by Crippen LogP contribution is 2.47. The van der Waals surface area contributed by atoms with Crippen LogP contribution in [0.15, 0.2) is 18.2 Å². The van der Waals surface area contributed by atoms with Crippen molar-refractivity contribution in [1.29, 1.82) is 0 Å². The highest BCUT2D eigenvalue weighted by atomic mass is 31.2. The maximum absolute atomic E-state index is 12.5. The summed E-state index contributed by atoms with van der Waals surface area (Å²) in [4.78, 5) is 10.1. The van der Waals surface area contributed by atoms with Crippen molar-refractivity contribution in [2.24, 2.45) is 0 Å². The fourth-order valence-electron chi connectivity index (χ4n) is 1.58. The Kier molecular flexibility index (Phi) is 5.02. The predicted molar refractivity (Wildman–Crippen MR) is 68.3 cm³/mol. The second-order valence-electron chi connectivity index (χ2n) is 3.56. The molecule has 1 aromatic rings. The van der Waals surface area contributed by atoms with Crippen LogP contribution in [0, 0.1) is 17.0 Å². The molecule has 1 aromatic carbocycles. The van der Waals surface area contributed by atoms with E-state index in [0.717, 1.165) is 0 Å². The molecule has 0 heterocycles. The van der Waals surface area contributed by atoms with E-state index >= 15 is 0 Å². The largest absolute Gasteiger partial charge is 0.361 e. The van der Waals surface area contributed by atoms with Crippen molar-refractivity contribution in [2.75, 3.05) is 13.2 Å². The summed E-state index contributed by atoms with van der Waals surface area (Å²) >= 11 is 0. The Morgan fingerprint density at radius 3 is 2.22 bits per heavy atom. The van der Waals surface area contributed by atoms with Gasteiger partial charge < -0.3 is 9.05 Å². The summed E-state index contributed by atoms with van der Waals surface area (Å²) in [6.45, 7) is 5.56. The molecular weight excluding hydrogens is 257 g/mol. The van der Waals surface area contributed by atoms with Crippen molar-refractivity contribution in [3.05, 3.63) is 33.9 Å². The molecule has 0 radical (unpaired) electrons. The molecule has 0 saturated carbocycles. The monoisotopic (exact) mass is 273 g/mol. The summed E-state index contributed by atoms with van der Waals surface area (Å²) in [6.07, 6.45) is 0. The number of nitro groups is 1. The molecule has 0 atom stereocenters. The average Bonchev–Trinajstić information content (AvgIpc) is 2.29. The number of hydrogen-bond donors (Lipinski definition) is 0. The minimum atomic E-state index is -3.38. The second-order valence-corrected chi connectivity index (χ2v) is 5.55. The molecule has 0 aromatic heterocycles. The maximum Gasteiger partial charge on any atom is 0.361 e. The van der Waals surface area contributed by atoms with Gasteiger partial charge in [-0.2, -0.15) is 0 Å². The van der Waals surface area contributed by atoms with Gasteiger partial charge in [-0.3, -0.25) is 14.7 Å². The van der Waals surface area contributed by atoms with E-state index in [9.17, 15) is 14.7 Å². The molecule has 7 heteroatoms. The third kappa shape index (κ3) is 3.16. The van der Waals surface area contributed by atoms with E-state index in [-0.39, 0.29) is 18.9 Å². The van der Waals surface area contributed by atoms with Gasteiger partial charge in [-0.1, -0.05) is 0 Å². The van der Waals surface area contributed by atoms with Crippen molar-refractivity contribution in [2.45, 2.75) is 20.8 Å². The molecule has 0 aliphatic heterocycles. The number of hydrogen-bond acceptors (Lipinski definition) is 5. The summed E-state index contributed by atoms with van der Waals surface area (Å²) in [6, 6.07) is 4.09. The number of non-ortho nitro benzene ring substituents is 1. The van der Waals surface area contributed by atoms with Gasteiger partial charge in [0.2, 0.25) is 0 Å². The van der Waals surface area contributed by atoms with Gasteiger partial charge in [0.25, 0.3) is 5.69 Å². The van der Waals surface area contributed by atoms with E-state index in [0.29, 0.717) is 10.9 Å². The number of nitro benzene ring substituents is 1. The Balaban J connectivity index is 3.22. The summed E-state index contributed by atoms with van der Waals surface area (Å²) < 4.78 is 22.9. The van der Waals surface area contributed by atoms with Crippen LogP contribution in [-0.2, 0) is 13.6 Å². The van der Waals surface area contributed by atoms with Crippen molar-refractivity contribution in [3.8, 4) is 0 Å². The molecule has 0 fully saturated rings. The molecule has 0 bridgehead atoms. The van der Waals surface area contributed by atoms with Crippen LogP contribution < -0.4 is 5.30 Å². The van der Waals surface area contributed by atoms with Gasteiger partial charge >= 0.3 is 7.60 Å². The molecule has 0 N–H and O–H groups in total. The number of nitrogens with zero attached hydrogens (tertiary/aromatic N) is 1. The number of rotatable bonds is 6. The Hall–Kier alpha value is -1.23. The zero-order valence-corrected chi connectivity index (χ0v) is 11.5. The van der Waals surface area contributed by atoms with Crippen molar-refractivity contribution < 1.29 is 18.5 Å². The zero-order valence-electron chi connectivity index (χ0n) is 10.6. The van der Waals surface area contributed by atoms with Crippen LogP contribution in [0.25, 0.3) is 0 Å². The van der Waals surface area contributed by atoms with E-state index < -0.39 is 12.5 Å². The first-order chi connectivity index (χ1) is 8.44. The van der Waals surface area contributed by atoms with E-state index in [4.69, 9.17) is 9.05 Å².